The number of carbonyl (C=O) groups is 1. The molecule has 0 saturated carbocycles. The van der Waals surface area contributed by atoms with Gasteiger partial charge in [-0.25, -0.2) is 8.42 Å². The molecule has 0 spiro atoms. The van der Waals surface area contributed by atoms with E-state index in [0.29, 0.717) is 23.4 Å². The lowest BCUT2D eigenvalue weighted by molar-refractivity contribution is 0.0986. The number of rotatable bonds is 6. The van der Waals surface area contributed by atoms with Crippen LogP contribution < -0.4 is 0 Å². The van der Waals surface area contributed by atoms with Crippen LogP contribution in [0.15, 0.2) is 30.3 Å². The van der Waals surface area contributed by atoms with Crippen molar-refractivity contribution >= 4 is 38.6 Å². The summed E-state index contributed by atoms with van der Waals surface area (Å²) in [6.07, 6.45) is 2.12. The maximum absolute atomic E-state index is 12.4. The highest BCUT2D eigenvalue weighted by Gasteiger charge is 2.18. The average Bonchev–Trinajstić information content (AvgIpc) is 2.94. The van der Waals surface area contributed by atoms with Gasteiger partial charge in [0.1, 0.15) is 0 Å². The minimum Gasteiger partial charge on any atom is -0.293 e. The number of aryl methyl sites for hydroxylation is 1. The Kier molecular flexibility index (Phi) is 6.13. The van der Waals surface area contributed by atoms with Crippen molar-refractivity contribution in [2.45, 2.75) is 44.8 Å². The number of Topliss-reactive ketones (excluding diaryl/α,β-unsaturated/α-hetero) is 1. The Morgan fingerprint density at radius 2 is 1.84 bits per heavy atom. The first-order valence-electron chi connectivity index (χ1n) is 8.04. The number of ketones is 1. The van der Waals surface area contributed by atoms with Crippen molar-refractivity contribution in [2.75, 3.05) is 6.26 Å². The molecule has 1 aromatic carbocycles. The highest BCUT2D eigenvalue weighted by atomic mass is 35.5. The van der Waals surface area contributed by atoms with E-state index in [9.17, 15) is 13.2 Å². The van der Waals surface area contributed by atoms with Gasteiger partial charge in [-0.1, -0.05) is 44.5 Å². The van der Waals surface area contributed by atoms with Gasteiger partial charge in [0.2, 0.25) is 0 Å². The molecule has 0 aliphatic heterocycles. The van der Waals surface area contributed by atoms with E-state index in [4.69, 9.17) is 11.6 Å². The lowest BCUT2D eigenvalue weighted by Gasteiger charge is -2.15. The molecule has 0 bridgehead atoms. The average molecular weight is 399 g/mol. The third-order valence-corrected chi connectivity index (χ3v) is 6.55. The number of benzene rings is 1. The van der Waals surface area contributed by atoms with Crippen molar-refractivity contribution in [3.8, 4) is 0 Å². The van der Waals surface area contributed by atoms with E-state index < -0.39 is 9.84 Å². The maximum Gasteiger partial charge on any atom is 0.173 e. The zero-order valence-electron chi connectivity index (χ0n) is 14.9. The number of carbonyl (C=O) groups excluding carboxylic acids is 1. The second kappa shape index (κ2) is 7.60. The predicted octanol–water partition coefficient (Wildman–Crippen LogP) is 5.06. The zero-order valence-corrected chi connectivity index (χ0v) is 17.3. The van der Waals surface area contributed by atoms with Crippen molar-refractivity contribution in [1.29, 1.82) is 0 Å². The summed E-state index contributed by atoms with van der Waals surface area (Å²) in [6.45, 7) is 6.39. The monoisotopic (exact) mass is 398 g/mol. The van der Waals surface area contributed by atoms with Gasteiger partial charge in [-0.2, -0.15) is 0 Å². The van der Waals surface area contributed by atoms with Gasteiger partial charge in [-0.15, -0.1) is 11.3 Å². The molecule has 3 nitrogen and oxygen atoms in total. The van der Waals surface area contributed by atoms with Crippen molar-refractivity contribution in [3.05, 3.63) is 56.2 Å². The normalized spacial score (nSPS) is 12.4. The van der Waals surface area contributed by atoms with Crippen LogP contribution in [0.4, 0.5) is 0 Å². The molecule has 0 unspecified atom stereocenters. The van der Waals surface area contributed by atoms with E-state index in [2.05, 4.69) is 20.8 Å². The summed E-state index contributed by atoms with van der Waals surface area (Å²) in [5.74, 6) is 0.0771. The van der Waals surface area contributed by atoms with Gasteiger partial charge in [-0.05, 0) is 41.2 Å². The van der Waals surface area contributed by atoms with E-state index in [1.807, 2.05) is 18.2 Å². The molecule has 2 rings (SSSR count). The molecule has 6 heteroatoms. The number of hydrogen-bond acceptors (Lipinski definition) is 4. The second-order valence-electron chi connectivity index (χ2n) is 7.33. The van der Waals surface area contributed by atoms with Crippen LogP contribution in [0.1, 0.15) is 52.9 Å². The van der Waals surface area contributed by atoms with E-state index in [-0.39, 0.29) is 17.0 Å². The van der Waals surface area contributed by atoms with Crippen molar-refractivity contribution in [2.24, 2.45) is 0 Å². The molecule has 1 heterocycles. The predicted molar refractivity (Wildman–Crippen MR) is 106 cm³/mol. The summed E-state index contributed by atoms with van der Waals surface area (Å²) >= 11 is 7.79. The molecule has 0 amide bonds. The molecule has 0 N–H and O–H groups in total. The molecular weight excluding hydrogens is 376 g/mol. The lowest BCUT2D eigenvalue weighted by atomic mass is 9.95. The Bertz CT molecular complexity index is 874. The summed E-state index contributed by atoms with van der Waals surface area (Å²) in [5.41, 5.74) is 1.57. The Hall–Kier alpha value is -1.17. The fourth-order valence-electron chi connectivity index (χ4n) is 2.45. The second-order valence-corrected chi connectivity index (χ2v) is 11.0. The SMILES string of the molecule is CC(C)(C)c1ccc(C(=O)CCc2ccc(CS(C)(=O)=O)cc2Cl)s1. The lowest BCUT2D eigenvalue weighted by Crippen LogP contribution is -2.08. The first-order chi connectivity index (χ1) is 11.5. The smallest absolute Gasteiger partial charge is 0.173 e. The van der Waals surface area contributed by atoms with Crippen molar-refractivity contribution in [1.82, 2.24) is 0 Å². The fraction of sp³-hybridized carbons (Fsp3) is 0.421. The molecule has 0 aliphatic rings. The summed E-state index contributed by atoms with van der Waals surface area (Å²) in [7, 11) is -3.09. The molecule has 0 fully saturated rings. The Labute approximate surface area is 159 Å². The van der Waals surface area contributed by atoms with E-state index in [1.165, 1.54) is 11.1 Å². The molecular formula is C19H23ClO3S2. The van der Waals surface area contributed by atoms with Crippen LogP contribution in [0.5, 0.6) is 0 Å². The van der Waals surface area contributed by atoms with Gasteiger partial charge in [0.25, 0.3) is 0 Å². The zero-order chi connectivity index (χ0) is 18.8. The van der Waals surface area contributed by atoms with E-state index in [0.717, 1.165) is 10.4 Å². The minimum atomic E-state index is -3.09. The molecule has 0 atom stereocenters. The molecule has 0 radical (unpaired) electrons. The van der Waals surface area contributed by atoms with Crippen LogP contribution in [0.2, 0.25) is 5.02 Å². The molecule has 25 heavy (non-hydrogen) atoms. The van der Waals surface area contributed by atoms with Gasteiger partial charge in [0.15, 0.2) is 15.6 Å². The molecule has 136 valence electrons. The standard InChI is InChI=1S/C19H23ClO3S2/c1-19(2,3)18-10-9-17(24-18)16(21)8-7-14-6-5-13(11-15(14)20)12-25(4,22)23/h5-6,9-11H,7-8,12H2,1-4H3. The van der Waals surface area contributed by atoms with Crippen LogP contribution in [0, 0.1) is 0 Å². The van der Waals surface area contributed by atoms with E-state index >= 15 is 0 Å². The molecule has 0 aliphatic carbocycles. The van der Waals surface area contributed by atoms with Gasteiger partial charge in [-0.3, -0.25) is 4.79 Å². The van der Waals surface area contributed by atoms with Gasteiger partial charge in [0.05, 0.1) is 10.6 Å². The first-order valence-corrected chi connectivity index (χ1v) is 11.3. The summed E-state index contributed by atoms with van der Waals surface area (Å²) in [5, 5.41) is 0.510. The number of hydrogen-bond donors (Lipinski definition) is 0. The third-order valence-electron chi connectivity index (χ3n) is 3.79. The van der Waals surface area contributed by atoms with Gasteiger partial charge >= 0.3 is 0 Å². The molecule has 2 aromatic rings. The van der Waals surface area contributed by atoms with Crippen LogP contribution in [0.25, 0.3) is 0 Å². The topological polar surface area (TPSA) is 51.2 Å². The van der Waals surface area contributed by atoms with Crippen molar-refractivity contribution < 1.29 is 13.2 Å². The minimum absolute atomic E-state index is 0.0310. The number of halogens is 1. The van der Waals surface area contributed by atoms with Crippen LogP contribution in [-0.2, 0) is 27.4 Å². The summed E-state index contributed by atoms with van der Waals surface area (Å²) in [6, 6.07) is 9.15. The maximum atomic E-state index is 12.4. The van der Waals surface area contributed by atoms with E-state index in [1.54, 1.807) is 23.5 Å². The number of sulfone groups is 1. The molecule has 0 saturated heterocycles. The van der Waals surface area contributed by atoms with Crippen molar-refractivity contribution in [3.63, 3.8) is 0 Å². The fourth-order valence-corrected chi connectivity index (χ4v) is 4.56. The number of thiophene rings is 1. The van der Waals surface area contributed by atoms with Crippen LogP contribution in [0.3, 0.4) is 0 Å². The summed E-state index contributed by atoms with van der Waals surface area (Å²) < 4.78 is 22.7. The van der Waals surface area contributed by atoms with Crippen LogP contribution in [-0.4, -0.2) is 20.5 Å². The van der Waals surface area contributed by atoms with Gasteiger partial charge in [0, 0.05) is 22.6 Å². The Morgan fingerprint density at radius 3 is 2.36 bits per heavy atom. The summed E-state index contributed by atoms with van der Waals surface area (Å²) in [4.78, 5) is 14.4. The largest absolute Gasteiger partial charge is 0.293 e. The third kappa shape index (κ3) is 5.94. The highest BCUT2D eigenvalue weighted by molar-refractivity contribution is 7.89. The highest BCUT2D eigenvalue weighted by Crippen LogP contribution is 2.30. The quantitative estimate of drug-likeness (QED) is 0.639. The molecule has 1 aromatic heterocycles. The Balaban J connectivity index is 2.03. The first kappa shape index (κ1) is 20.1. The van der Waals surface area contributed by atoms with Gasteiger partial charge < -0.3 is 0 Å². The van der Waals surface area contributed by atoms with Crippen LogP contribution >= 0.6 is 22.9 Å². The Morgan fingerprint density at radius 1 is 1.16 bits per heavy atom.